The van der Waals surface area contributed by atoms with Crippen LogP contribution >= 0.6 is 11.6 Å². The molecule has 1 aromatic carbocycles. The van der Waals surface area contributed by atoms with Crippen LogP contribution < -0.4 is 10.6 Å². The first-order valence-corrected chi connectivity index (χ1v) is 12.0. The summed E-state index contributed by atoms with van der Waals surface area (Å²) in [5.74, 6) is 0. The second-order valence-electron chi connectivity index (χ2n) is 7.51. The summed E-state index contributed by atoms with van der Waals surface area (Å²) in [5.41, 5.74) is 0. The minimum atomic E-state index is -3.68. The van der Waals surface area contributed by atoms with Gasteiger partial charge in [0.2, 0.25) is 10.0 Å². The Bertz CT molecular complexity index is 918. The highest BCUT2D eigenvalue weighted by Crippen LogP contribution is 2.30. The lowest BCUT2D eigenvalue weighted by molar-refractivity contribution is 0.185. The smallest absolute Gasteiger partial charge is 0.314 e. The van der Waals surface area contributed by atoms with Crippen molar-refractivity contribution in [1.29, 1.82) is 0 Å². The molecule has 2 amide bonds. The summed E-state index contributed by atoms with van der Waals surface area (Å²) in [5, 5.41) is 6.14. The number of sulfonamides is 1. The summed E-state index contributed by atoms with van der Waals surface area (Å²) in [6.07, 6.45) is 8.53. The van der Waals surface area contributed by atoms with Crippen LogP contribution in [0.3, 0.4) is 0 Å². The van der Waals surface area contributed by atoms with E-state index in [-0.39, 0.29) is 29.6 Å². The highest BCUT2D eigenvalue weighted by Gasteiger charge is 2.37. The molecule has 30 heavy (non-hydrogen) atoms. The van der Waals surface area contributed by atoms with E-state index < -0.39 is 10.0 Å². The fourth-order valence-electron chi connectivity index (χ4n) is 3.77. The van der Waals surface area contributed by atoms with Crippen molar-refractivity contribution >= 4 is 27.7 Å². The molecule has 0 aliphatic carbocycles. The van der Waals surface area contributed by atoms with Crippen LogP contribution in [0.5, 0.6) is 0 Å². The molecule has 1 aliphatic heterocycles. The fourth-order valence-corrected chi connectivity index (χ4v) is 5.77. The summed E-state index contributed by atoms with van der Waals surface area (Å²) in [4.78, 5) is 16.4. The van der Waals surface area contributed by atoms with Crippen molar-refractivity contribution in [3.8, 4) is 0 Å². The average molecular weight is 454 g/mol. The number of aryl methyl sites for hydroxylation is 1. The Balaban J connectivity index is 1.55. The molecule has 0 bridgehead atoms. The van der Waals surface area contributed by atoms with Crippen LogP contribution in [-0.4, -0.2) is 53.5 Å². The standard InChI is InChI=1S/C20H28ClN5O3S/c1-16-4-2-5-18(26(16)30(28,29)19-8-6-17(21)7-9-19)14-24-20(27)23-10-3-12-25-13-11-22-15-25/h6-9,11,13,15-16,18H,2-5,10,12,14H2,1H3,(H2,23,24,27)/t16-,18-/m1/s1. The molecule has 0 radical (unpaired) electrons. The molecule has 0 saturated carbocycles. The summed E-state index contributed by atoms with van der Waals surface area (Å²) in [7, 11) is -3.68. The first-order valence-electron chi connectivity index (χ1n) is 10.1. The van der Waals surface area contributed by atoms with Crippen LogP contribution in [0.15, 0.2) is 47.9 Å². The molecule has 2 atom stereocenters. The number of carbonyl (C=O) groups excluding carboxylic acids is 1. The van der Waals surface area contributed by atoms with Crippen molar-refractivity contribution in [2.45, 2.75) is 56.1 Å². The molecule has 0 spiro atoms. The fraction of sp³-hybridized carbons (Fsp3) is 0.500. The number of hydrogen-bond donors (Lipinski definition) is 2. The first kappa shape index (κ1) is 22.6. The maximum Gasteiger partial charge on any atom is 0.314 e. The van der Waals surface area contributed by atoms with Crippen LogP contribution in [0, 0.1) is 0 Å². The topological polar surface area (TPSA) is 96.3 Å². The van der Waals surface area contributed by atoms with E-state index in [4.69, 9.17) is 11.6 Å². The summed E-state index contributed by atoms with van der Waals surface area (Å²) >= 11 is 5.90. The minimum Gasteiger partial charge on any atom is -0.338 e. The van der Waals surface area contributed by atoms with Gasteiger partial charge < -0.3 is 15.2 Å². The van der Waals surface area contributed by atoms with Crippen molar-refractivity contribution in [2.24, 2.45) is 0 Å². The van der Waals surface area contributed by atoms with Crippen LogP contribution in [0.25, 0.3) is 0 Å². The van der Waals surface area contributed by atoms with Gasteiger partial charge in [0, 0.05) is 49.1 Å². The quantitative estimate of drug-likeness (QED) is 0.600. The highest BCUT2D eigenvalue weighted by molar-refractivity contribution is 7.89. The van der Waals surface area contributed by atoms with E-state index in [0.717, 1.165) is 25.8 Å². The normalized spacial score (nSPS) is 20.1. The third-order valence-corrected chi connectivity index (χ3v) is 7.61. The minimum absolute atomic E-state index is 0.135. The van der Waals surface area contributed by atoms with Gasteiger partial charge in [0.1, 0.15) is 0 Å². The van der Waals surface area contributed by atoms with E-state index >= 15 is 0 Å². The monoisotopic (exact) mass is 453 g/mol. The van der Waals surface area contributed by atoms with Crippen molar-refractivity contribution in [3.63, 3.8) is 0 Å². The lowest BCUT2D eigenvalue weighted by Crippen LogP contribution is -2.54. The molecule has 164 valence electrons. The zero-order valence-electron chi connectivity index (χ0n) is 17.0. The Labute approximate surface area is 182 Å². The molecule has 2 N–H and O–H groups in total. The van der Waals surface area contributed by atoms with Gasteiger partial charge in [0.05, 0.1) is 11.2 Å². The molecule has 0 unspecified atom stereocenters. The van der Waals surface area contributed by atoms with E-state index in [1.807, 2.05) is 17.7 Å². The van der Waals surface area contributed by atoms with E-state index in [2.05, 4.69) is 15.6 Å². The van der Waals surface area contributed by atoms with Gasteiger partial charge in [0.25, 0.3) is 0 Å². The Kier molecular flexibility index (Phi) is 7.74. The number of nitrogens with zero attached hydrogens (tertiary/aromatic N) is 3. The SMILES string of the molecule is C[C@@H]1CCC[C@H](CNC(=O)NCCCn2ccnc2)N1S(=O)(=O)c1ccc(Cl)cc1. The summed E-state index contributed by atoms with van der Waals surface area (Å²) in [6.45, 7) is 3.48. The zero-order chi connectivity index (χ0) is 21.6. The molecule has 3 rings (SSSR count). The van der Waals surface area contributed by atoms with E-state index in [1.165, 1.54) is 12.1 Å². The van der Waals surface area contributed by atoms with Gasteiger partial charge in [-0.3, -0.25) is 0 Å². The van der Waals surface area contributed by atoms with Gasteiger partial charge in [-0.25, -0.2) is 18.2 Å². The van der Waals surface area contributed by atoms with Crippen molar-refractivity contribution in [3.05, 3.63) is 48.0 Å². The predicted octanol–water partition coefficient (Wildman–Crippen LogP) is 2.86. The number of benzene rings is 1. The van der Waals surface area contributed by atoms with Gasteiger partial charge in [0.15, 0.2) is 0 Å². The summed E-state index contributed by atoms with van der Waals surface area (Å²) in [6, 6.07) is 5.49. The van der Waals surface area contributed by atoms with Crippen LogP contribution in [0.2, 0.25) is 5.02 Å². The molecular weight excluding hydrogens is 426 g/mol. The maximum atomic E-state index is 13.2. The highest BCUT2D eigenvalue weighted by atomic mass is 35.5. The van der Waals surface area contributed by atoms with Crippen LogP contribution in [0.4, 0.5) is 4.79 Å². The number of nitrogens with one attached hydrogen (secondary N) is 2. The first-order chi connectivity index (χ1) is 14.4. The second kappa shape index (κ2) is 10.3. The third kappa shape index (κ3) is 5.74. The second-order valence-corrected chi connectivity index (χ2v) is 9.79. The Morgan fingerprint density at radius 2 is 2.00 bits per heavy atom. The predicted molar refractivity (Wildman–Crippen MR) is 116 cm³/mol. The van der Waals surface area contributed by atoms with Gasteiger partial charge in [-0.1, -0.05) is 18.0 Å². The number of urea groups is 1. The number of halogens is 1. The average Bonchev–Trinajstić information content (AvgIpc) is 3.23. The largest absolute Gasteiger partial charge is 0.338 e. The number of piperidine rings is 1. The molecule has 2 heterocycles. The third-order valence-electron chi connectivity index (χ3n) is 5.28. The maximum absolute atomic E-state index is 13.2. The number of amides is 2. The van der Waals surface area contributed by atoms with E-state index in [1.54, 1.807) is 29.0 Å². The number of rotatable bonds is 8. The zero-order valence-corrected chi connectivity index (χ0v) is 18.6. The number of carbonyl (C=O) groups is 1. The van der Waals surface area contributed by atoms with E-state index in [9.17, 15) is 13.2 Å². The number of aromatic nitrogens is 2. The van der Waals surface area contributed by atoms with Crippen molar-refractivity contribution < 1.29 is 13.2 Å². The van der Waals surface area contributed by atoms with Gasteiger partial charge in [-0.15, -0.1) is 0 Å². The summed E-state index contributed by atoms with van der Waals surface area (Å²) < 4.78 is 30.0. The van der Waals surface area contributed by atoms with Crippen molar-refractivity contribution in [1.82, 2.24) is 24.5 Å². The van der Waals surface area contributed by atoms with Gasteiger partial charge >= 0.3 is 6.03 Å². The van der Waals surface area contributed by atoms with Crippen LogP contribution in [0.1, 0.15) is 32.6 Å². The molecule has 2 aromatic rings. The number of imidazole rings is 1. The van der Waals surface area contributed by atoms with Gasteiger partial charge in [-0.05, 0) is 50.5 Å². The molecular formula is C20H28ClN5O3S. The van der Waals surface area contributed by atoms with Crippen LogP contribution in [-0.2, 0) is 16.6 Å². The van der Waals surface area contributed by atoms with Gasteiger partial charge in [-0.2, -0.15) is 4.31 Å². The van der Waals surface area contributed by atoms with Crippen molar-refractivity contribution in [2.75, 3.05) is 13.1 Å². The Morgan fingerprint density at radius 3 is 2.70 bits per heavy atom. The number of hydrogen-bond acceptors (Lipinski definition) is 4. The lowest BCUT2D eigenvalue weighted by atomic mass is 9.99. The molecule has 10 heteroatoms. The molecule has 1 fully saturated rings. The molecule has 1 aliphatic rings. The molecule has 1 aromatic heterocycles. The Hall–Kier alpha value is -2.10. The molecule has 8 nitrogen and oxygen atoms in total. The van der Waals surface area contributed by atoms with E-state index in [0.29, 0.717) is 18.0 Å². The molecule has 1 saturated heterocycles. The lowest BCUT2D eigenvalue weighted by Gasteiger charge is -2.39. The Morgan fingerprint density at radius 1 is 1.23 bits per heavy atom.